The summed E-state index contributed by atoms with van der Waals surface area (Å²) in [7, 11) is -2.05. The normalized spacial score (nSPS) is 11.1. The van der Waals surface area contributed by atoms with Gasteiger partial charge in [0.1, 0.15) is 4.99 Å². The minimum Gasteiger partial charge on any atom is -0.389 e. The summed E-state index contributed by atoms with van der Waals surface area (Å²) in [5.74, 6) is -0.175. The molecule has 21 heavy (non-hydrogen) atoms. The summed E-state index contributed by atoms with van der Waals surface area (Å²) in [4.78, 5) is 4.11. The first kappa shape index (κ1) is 15.4. The van der Waals surface area contributed by atoms with E-state index in [1.54, 1.807) is 42.6 Å². The molecule has 0 atom stereocenters. The van der Waals surface area contributed by atoms with E-state index in [-0.39, 0.29) is 10.7 Å². The van der Waals surface area contributed by atoms with Crippen molar-refractivity contribution in [2.45, 2.75) is 5.75 Å². The Morgan fingerprint density at radius 1 is 1.29 bits per heavy atom. The van der Waals surface area contributed by atoms with E-state index in [1.807, 2.05) is 0 Å². The second-order valence-electron chi connectivity index (χ2n) is 4.46. The SMILES string of the molecule is CN(c1cccnc1)S(=O)(=O)Cc1ccccc1C(N)=S. The van der Waals surface area contributed by atoms with E-state index in [9.17, 15) is 8.42 Å². The standard InChI is InChI=1S/C14H15N3O2S2/c1-17(12-6-4-8-16-9-12)21(18,19)10-11-5-2-3-7-13(11)14(15)20/h2-9H,10H2,1H3,(H2,15,20). The zero-order valence-electron chi connectivity index (χ0n) is 11.4. The number of nitrogens with two attached hydrogens (primary N) is 1. The van der Waals surface area contributed by atoms with E-state index in [2.05, 4.69) is 4.98 Å². The van der Waals surface area contributed by atoms with Gasteiger partial charge in [0.25, 0.3) is 0 Å². The molecule has 2 rings (SSSR count). The largest absolute Gasteiger partial charge is 0.389 e. The molecule has 0 amide bonds. The second kappa shape index (κ2) is 6.19. The van der Waals surface area contributed by atoms with Gasteiger partial charge in [-0.1, -0.05) is 36.5 Å². The Hall–Kier alpha value is -1.99. The van der Waals surface area contributed by atoms with Gasteiger partial charge in [-0.05, 0) is 17.7 Å². The number of benzene rings is 1. The monoisotopic (exact) mass is 321 g/mol. The highest BCUT2D eigenvalue weighted by atomic mass is 32.2. The van der Waals surface area contributed by atoms with Crippen LogP contribution in [0.2, 0.25) is 0 Å². The van der Waals surface area contributed by atoms with Gasteiger partial charge in [-0.15, -0.1) is 0 Å². The Morgan fingerprint density at radius 2 is 2.00 bits per heavy atom. The maximum Gasteiger partial charge on any atom is 0.239 e. The number of sulfonamides is 1. The van der Waals surface area contributed by atoms with Crippen LogP contribution in [0, 0.1) is 0 Å². The molecule has 0 aliphatic heterocycles. The molecule has 0 bridgehead atoms. The Bertz CT molecular complexity index is 746. The van der Waals surface area contributed by atoms with E-state index in [4.69, 9.17) is 18.0 Å². The molecule has 0 saturated heterocycles. The van der Waals surface area contributed by atoms with Crippen LogP contribution in [-0.2, 0) is 15.8 Å². The fourth-order valence-electron chi connectivity index (χ4n) is 1.88. The first-order valence-corrected chi connectivity index (χ1v) is 8.18. The van der Waals surface area contributed by atoms with Gasteiger partial charge < -0.3 is 5.73 Å². The molecular weight excluding hydrogens is 306 g/mol. The van der Waals surface area contributed by atoms with Crippen molar-refractivity contribution in [3.8, 4) is 0 Å². The molecule has 0 radical (unpaired) electrons. The molecule has 0 spiro atoms. The molecule has 0 fully saturated rings. The van der Waals surface area contributed by atoms with E-state index in [0.29, 0.717) is 16.8 Å². The van der Waals surface area contributed by atoms with Crippen LogP contribution < -0.4 is 10.0 Å². The van der Waals surface area contributed by atoms with Gasteiger partial charge in [0.05, 0.1) is 17.6 Å². The second-order valence-corrected chi connectivity index (χ2v) is 6.90. The summed E-state index contributed by atoms with van der Waals surface area (Å²) in [6.07, 6.45) is 3.09. The third kappa shape index (κ3) is 3.56. The van der Waals surface area contributed by atoms with Crippen LogP contribution in [0.4, 0.5) is 5.69 Å². The van der Waals surface area contributed by atoms with Crippen LogP contribution in [0.3, 0.4) is 0 Å². The Labute approximate surface area is 129 Å². The van der Waals surface area contributed by atoms with Crippen LogP contribution in [0.15, 0.2) is 48.8 Å². The third-order valence-electron chi connectivity index (χ3n) is 3.05. The average molecular weight is 321 g/mol. The predicted octanol–water partition coefficient (Wildman–Crippen LogP) is 1.68. The first-order valence-electron chi connectivity index (χ1n) is 6.16. The molecule has 7 heteroatoms. The molecule has 0 aliphatic rings. The van der Waals surface area contributed by atoms with E-state index in [1.165, 1.54) is 17.5 Å². The zero-order chi connectivity index (χ0) is 15.5. The molecule has 1 aromatic heterocycles. The quantitative estimate of drug-likeness (QED) is 0.848. The smallest absolute Gasteiger partial charge is 0.239 e. The number of aromatic nitrogens is 1. The lowest BCUT2D eigenvalue weighted by molar-refractivity contribution is 0.593. The maximum atomic E-state index is 12.5. The number of hydrogen-bond acceptors (Lipinski definition) is 4. The summed E-state index contributed by atoms with van der Waals surface area (Å²) in [5, 5.41) is 0. The van der Waals surface area contributed by atoms with Gasteiger partial charge in [-0.25, -0.2) is 8.42 Å². The molecule has 0 unspecified atom stereocenters. The number of pyridine rings is 1. The number of nitrogens with zero attached hydrogens (tertiary/aromatic N) is 2. The minimum atomic E-state index is -3.54. The molecule has 1 aromatic carbocycles. The number of thiocarbonyl (C=S) groups is 1. The van der Waals surface area contributed by atoms with E-state index < -0.39 is 10.0 Å². The minimum absolute atomic E-state index is 0.175. The van der Waals surface area contributed by atoms with Crippen LogP contribution in [0.25, 0.3) is 0 Å². The molecule has 5 nitrogen and oxygen atoms in total. The van der Waals surface area contributed by atoms with Crippen molar-refractivity contribution in [3.05, 3.63) is 59.9 Å². The van der Waals surface area contributed by atoms with E-state index >= 15 is 0 Å². The summed E-state index contributed by atoms with van der Waals surface area (Å²) < 4.78 is 26.2. The average Bonchev–Trinajstić information content (AvgIpc) is 2.47. The Morgan fingerprint density at radius 3 is 2.62 bits per heavy atom. The molecule has 2 N–H and O–H groups in total. The maximum absolute atomic E-state index is 12.5. The van der Waals surface area contributed by atoms with Crippen LogP contribution in [0.5, 0.6) is 0 Å². The van der Waals surface area contributed by atoms with Crippen molar-refractivity contribution in [2.24, 2.45) is 5.73 Å². The topological polar surface area (TPSA) is 76.3 Å². The Kier molecular flexibility index (Phi) is 4.54. The fourth-order valence-corrected chi connectivity index (χ4v) is 3.35. The van der Waals surface area contributed by atoms with Crippen molar-refractivity contribution >= 4 is 32.9 Å². The number of anilines is 1. The molecule has 1 heterocycles. The lowest BCUT2D eigenvalue weighted by Crippen LogP contribution is -2.28. The predicted molar refractivity (Wildman–Crippen MR) is 87.6 cm³/mol. The van der Waals surface area contributed by atoms with Crippen LogP contribution >= 0.6 is 12.2 Å². The highest BCUT2D eigenvalue weighted by Gasteiger charge is 2.21. The van der Waals surface area contributed by atoms with Crippen LogP contribution in [-0.4, -0.2) is 25.4 Å². The van der Waals surface area contributed by atoms with Gasteiger partial charge in [0.2, 0.25) is 10.0 Å². The molecule has 0 saturated carbocycles. The summed E-state index contributed by atoms with van der Waals surface area (Å²) >= 11 is 4.96. The van der Waals surface area contributed by atoms with Crippen LogP contribution in [0.1, 0.15) is 11.1 Å². The summed E-state index contributed by atoms with van der Waals surface area (Å²) in [6, 6.07) is 10.3. The molecule has 0 aliphatic carbocycles. The third-order valence-corrected chi connectivity index (χ3v) is 4.99. The summed E-state index contributed by atoms with van der Waals surface area (Å²) in [5.41, 5.74) is 7.30. The number of hydrogen-bond donors (Lipinski definition) is 1. The lowest BCUT2D eigenvalue weighted by atomic mass is 10.1. The molecule has 2 aromatic rings. The van der Waals surface area contributed by atoms with Crippen molar-refractivity contribution in [3.63, 3.8) is 0 Å². The van der Waals surface area contributed by atoms with Crippen molar-refractivity contribution < 1.29 is 8.42 Å². The van der Waals surface area contributed by atoms with Crippen molar-refractivity contribution in [1.29, 1.82) is 0 Å². The molecular formula is C14H15N3O2S2. The van der Waals surface area contributed by atoms with Gasteiger partial charge in [0.15, 0.2) is 0 Å². The fraction of sp³-hybridized carbons (Fsp3) is 0.143. The molecule has 110 valence electrons. The van der Waals surface area contributed by atoms with Crippen molar-refractivity contribution in [1.82, 2.24) is 4.98 Å². The number of rotatable bonds is 5. The van der Waals surface area contributed by atoms with E-state index in [0.717, 1.165) is 0 Å². The first-order chi connectivity index (χ1) is 9.92. The summed E-state index contributed by atoms with van der Waals surface area (Å²) in [6.45, 7) is 0. The highest BCUT2D eigenvalue weighted by molar-refractivity contribution is 7.92. The van der Waals surface area contributed by atoms with Gasteiger partial charge in [-0.3, -0.25) is 9.29 Å². The Balaban J connectivity index is 2.32. The zero-order valence-corrected chi connectivity index (χ0v) is 13.1. The highest BCUT2D eigenvalue weighted by Crippen LogP contribution is 2.19. The lowest BCUT2D eigenvalue weighted by Gasteiger charge is -2.19. The van der Waals surface area contributed by atoms with Gasteiger partial charge in [-0.2, -0.15) is 0 Å². The van der Waals surface area contributed by atoms with Gasteiger partial charge in [0, 0.05) is 18.8 Å². The van der Waals surface area contributed by atoms with Gasteiger partial charge >= 0.3 is 0 Å². The van der Waals surface area contributed by atoms with Crippen molar-refractivity contribution in [2.75, 3.05) is 11.4 Å².